The van der Waals surface area contributed by atoms with Gasteiger partial charge in [-0.3, -0.25) is 4.79 Å². The lowest BCUT2D eigenvalue weighted by Gasteiger charge is -2.29. The summed E-state index contributed by atoms with van der Waals surface area (Å²) < 4.78 is 47.4. The number of hydrogen-bond acceptors (Lipinski definition) is 5. The molecular weight excluding hydrogens is 453 g/mol. The number of imidazole rings is 1. The average molecular weight is 474 g/mol. The van der Waals surface area contributed by atoms with Crippen LogP contribution in [-0.4, -0.2) is 41.3 Å². The predicted octanol–water partition coefficient (Wildman–Crippen LogP) is 2.77. The fraction of sp³-hybridized carbons (Fsp3) is 0.444. The monoisotopic (exact) mass is 473 g/mol. The van der Waals surface area contributed by atoms with Crippen molar-refractivity contribution in [2.24, 2.45) is 13.0 Å². The van der Waals surface area contributed by atoms with Gasteiger partial charge in [0, 0.05) is 36.4 Å². The van der Waals surface area contributed by atoms with E-state index in [1.165, 1.54) is 22.6 Å². The lowest BCUT2D eigenvalue weighted by molar-refractivity contribution is -0.151. The molecule has 0 radical (unpaired) electrons. The Morgan fingerprint density at radius 1 is 1.36 bits per heavy atom. The topological polar surface area (TPSA) is 81.5 Å². The Morgan fingerprint density at radius 3 is 2.61 bits per heavy atom. The van der Waals surface area contributed by atoms with Crippen LogP contribution >= 0.6 is 15.9 Å². The van der Waals surface area contributed by atoms with Crippen molar-refractivity contribution >= 4 is 31.9 Å². The number of carbonyl (C=O) groups excluding carboxylic acids is 1. The lowest BCUT2D eigenvalue weighted by Crippen LogP contribution is -2.40. The number of aryl methyl sites for hydroxylation is 2. The van der Waals surface area contributed by atoms with Crippen molar-refractivity contribution in [2.75, 3.05) is 13.1 Å². The molecule has 10 heteroatoms. The van der Waals surface area contributed by atoms with Crippen LogP contribution < -0.4 is 0 Å². The Hall–Kier alpha value is -1.78. The summed E-state index contributed by atoms with van der Waals surface area (Å²) in [7, 11) is -1.93. The Kier molecular flexibility index (Phi) is 6.21. The zero-order chi connectivity index (χ0) is 20.5. The van der Waals surface area contributed by atoms with Gasteiger partial charge in [0.15, 0.2) is 5.03 Å². The van der Waals surface area contributed by atoms with E-state index in [1.54, 1.807) is 24.6 Å². The van der Waals surface area contributed by atoms with E-state index in [9.17, 15) is 17.6 Å². The van der Waals surface area contributed by atoms with Gasteiger partial charge in [0.05, 0.1) is 5.92 Å². The van der Waals surface area contributed by atoms with Crippen LogP contribution in [-0.2, 0) is 33.2 Å². The number of halogens is 2. The average Bonchev–Trinajstić information content (AvgIpc) is 3.00. The van der Waals surface area contributed by atoms with Crippen molar-refractivity contribution in [2.45, 2.75) is 31.4 Å². The van der Waals surface area contributed by atoms with Crippen LogP contribution in [0.1, 0.15) is 24.2 Å². The van der Waals surface area contributed by atoms with Crippen LogP contribution in [0.5, 0.6) is 0 Å². The number of nitrogens with zero attached hydrogens (tertiary/aromatic N) is 3. The molecule has 0 amide bonds. The van der Waals surface area contributed by atoms with E-state index >= 15 is 0 Å². The number of rotatable bonds is 5. The predicted molar refractivity (Wildman–Crippen MR) is 103 cm³/mol. The Balaban J connectivity index is 1.56. The number of piperidine rings is 1. The third-order valence-corrected chi connectivity index (χ3v) is 7.37. The fourth-order valence-electron chi connectivity index (χ4n) is 3.02. The Morgan fingerprint density at radius 2 is 2.04 bits per heavy atom. The summed E-state index contributed by atoms with van der Waals surface area (Å²) in [5.74, 6) is -0.499. The van der Waals surface area contributed by atoms with Gasteiger partial charge in [0.1, 0.15) is 18.2 Å². The number of aromatic nitrogens is 2. The summed E-state index contributed by atoms with van der Waals surface area (Å²) >= 11 is 3.24. The van der Waals surface area contributed by atoms with Gasteiger partial charge in [-0.2, -0.15) is 4.31 Å². The molecule has 7 nitrogen and oxygen atoms in total. The Labute approximate surface area is 171 Å². The summed E-state index contributed by atoms with van der Waals surface area (Å²) in [5.41, 5.74) is 0.667. The van der Waals surface area contributed by atoms with Crippen LogP contribution in [0.2, 0.25) is 0 Å². The molecule has 152 valence electrons. The zero-order valence-electron chi connectivity index (χ0n) is 15.6. The molecule has 0 bridgehead atoms. The third-order valence-electron chi connectivity index (χ3n) is 4.86. The van der Waals surface area contributed by atoms with Crippen LogP contribution in [0.15, 0.2) is 33.9 Å². The lowest BCUT2D eigenvalue weighted by atomic mass is 9.98. The van der Waals surface area contributed by atoms with E-state index in [0.29, 0.717) is 28.7 Å². The molecule has 1 saturated heterocycles. The number of ether oxygens (including phenoxy) is 1. The minimum absolute atomic E-state index is 0.0229. The van der Waals surface area contributed by atoms with Crippen LogP contribution in [0.25, 0.3) is 0 Å². The van der Waals surface area contributed by atoms with Gasteiger partial charge >= 0.3 is 5.97 Å². The molecule has 1 aromatic carbocycles. The molecule has 2 heterocycles. The summed E-state index contributed by atoms with van der Waals surface area (Å²) in [6, 6.07) is 4.17. The van der Waals surface area contributed by atoms with Gasteiger partial charge in [-0.1, -0.05) is 22.0 Å². The maximum atomic E-state index is 13.1. The maximum Gasteiger partial charge on any atom is 0.309 e. The first-order chi connectivity index (χ1) is 13.2. The minimum atomic E-state index is -3.67. The van der Waals surface area contributed by atoms with Crippen molar-refractivity contribution in [3.05, 3.63) is 46.1 Å². The summed E-state index contributed by atoms with van der Waals surface area (Å²) in [6.07, 6.45) is 2.26. The molecule has 1 aliphatic rings. The van der Waals surface area contributed by atoms with Crippen LogP contribution in [0, 0.1) is 18.7 Å². The van der Waals surface area contributed by atoms with Crippen molar-refractivity contribution in [3.8, 4) is 0 Å². The molecule has 1 fully saturated rings. The molecule has 1 aliphatic heterocycles. The fourth-order valence-corrected chi connectivity index (χ4v) is 4.98. The van der Waals surface area contributed by atoms with E-state index in [-0.39, 0.29) is 42.4 Å². The van der Waals surface area contributed by atoms with Crippen LogP contribution in [0.3, 0.4) is 0 Å². The molecule has 0 saturated carbocycles. The highest BCUT2D eigenvalue weighted by Gasteiger charge is 2.34. The molecule has 1 aromatic heterocycles. The minimum Gasteiger partial charge on any atom is -0.461 e. The highest BCUT2D eigenvalue weighted by atomic mass is 79.9. The van der Waals surface area contributed by atoms with E-state index in [2.05, 4.69) is 20.9 Å². The Bertz CT molecular complexity index is 965. The molecule has 28 heavy (non-hydrogen) atoms. The quantitative estimate of drug-likeness (QED) is 0.623. The standard InChI is InChI=1S/C18H21BrFN3O4S/c1-12-21-17(10-22(12)2)28(25,26)23-7-5-13(6-8-23)18(24)27-11-14-3-4-15(20)9-16(14)19/h3-4,9-10,13H,5-8,11H2,1-2H3. The zero-order valence-corrected chi connectivity index (χ0v) is 18.0. The smallest absolute Gasteiger partial charge is 0.309 e. The van der Waals surface area contributed by atoms with E-state index in [0.717, 1.165) is 0 Å². The summed E-state index contributed by atoms with van der Waals surface area (Å²) in [4.78, 5) is 16.4. The van der Waals surface area contributed by atoms with E-state index in [4.69, 9.17) is 4.74 Å². The second-order valence-corrected chi connectivity index (χ2v) is 9.50. The number of benzene rings is 1. The van der Waals surface area contributed by atoms with Crippen LogP contribution in [0.4, 0.5) is 4.39 Å². The van der Waals surface area contributed by atoms with Crippen molar-refractivity contribution < 1.29 is 22.3 Å². The first kappa shape index (κ1) is 20.9. The van der Waals surface area contributed by atoms with Crippen molar-refractivity contribution in [1.82, 2.24) is 13.9 Å². The summed E-state index contributed by atoms with van der Waals surface area (Å²) in [5, 5.41) is 0.0229. The second-order valence-electron chi connectivity index (χ2n) is 6.76. The highest BCUT2D eigenvalue weighted by Crippen LogP contribution is 2.25. The molecule has 3 rings (SSSR count). The number of carbonyl (C=O) groups is 1. The van der Waals surface area contributed by atoms with Gasteiger partial charge in [0.2, 0.25) is 0 Å². The number of esters is 1. The van der Waals surface area contributed by atoms with E-state index < -0.39 is 10.0 Å². The van der Waals surface area contributed by atoms with Gasteiger partial charge < -0.3 is 9.30 Å². The second kappa shape index (κ2) is 8.30. The molecule has 0 spiro atoms. The summed E-state index contributed by atoms with van der Waals surface area (Å²) in [6.45, 7) is 2.24. The number of hydrogen-bond donors (Lipinski definition) is 0. The maximum absolute atomic E-state index is 13.1. The molecule has 0 aliphatic carbocycles. The van der Waals surface area contributed by atoms with Crippen molar-refractivity contribution in [1.29, 1.82) is 0 Å². The third kappa shape index (κ3) is 4.44. The molecule has 0 unspecified atom stereocenters. The molecular formula is C18H21BrFN3O4S. The largest absolute Gasteiger partial charge is 0.461 e. The normalized spacial score (nSPS) is 16.3. The highest BCUT2D eigenvalue weighted by molar-refractivity contribution is 9.10. The van der Waals surface area contributed by atoms with Gasteiger partial charge in [-0.25, -0.2) is 17.8 Å². The molecule has 2 aromatic rings. The number of sulfonamides is 1. The van der Waals surface area contributed by atoms with Gasteiger partial charge in [-0.15, -0.1) is 0 Å². The van der Waals surface area contributed by atoms with Crippen molar-refractivity contribution in [3.63, 3.8) is 0 Å². The molecule has 0 N–H and O–H groups in total. The SMILES string of the molecule is Cc1nc(S(=O)(=O)N2CCC(C(=O)OCc3ccc(F)cc3Br)CC2)cn1C. The van der Waals surface area contributed by atoms with Gasteiger partial charge in [0.25, 0.3) is 10.0 Å². The van der Waals surface area contributed by atoms with Gasteiger partial charge in [-0.05, 0) is 31.9 Å². The first-order valence-electron chi connectivity index (χ1n) is 8.79. The molecule has 0 atom stereocenters. The first-order valence-corrected chi connectivity index (χ1v) is 11.0. The van der Waals surface area contributed by atoms with E-state index in [1.807, 2.05) is 0 Å².